The van der Waals surface area contributed by atoms with Crippen LogP contribution in [0.25, 0.3) is 0 Å². The molecule has 0 aliphatic rings. The molecule has 0 spiro atoms. The van der Waals surface area contributed by atoms with E-state index in [1.165, 1.54) is 0 Å². The van der Waals surface area contributed by atoms with E-state index in [2.05, 4.69) is 20.7 Å². The molecule has 0 fully saturated rings. The van der Waals surface area contributed by atoms with E-state index < -0.39 is 35.2 Å². The average molecular weight is 337 g/mol. The second-order valence-corrected chi connectivity index (χ2v) is 4.32. The number of nitrogens with one attached hydrogen (secondary N) is 1. The van der Waals surface area contributed by atoms with Gasteiger partial charge in [0.2, 0.25) is 0 Å². The van der Waals surface area contributed by atoms with Gasteiger partial charge in [-0.1, -0.05) is 0 Å². The maximum absolute atomic E-state index is 13.4. The van der Waals surface area contributed by atoms with Crippen LogP contribution in [-0.4, -0.2) is 24.5 Å². The van der Waals surface area contributed by atoms with E-state index >= 15 is 0 Å². The molecule has 19 heavy (non-hydrogen) atoms. The molecule has 0 aliphatic carbocycles. The van der Waals surface area contributed by atoms with Crippen molar-refractivity contribution in [2.75, 3.05) is 11.9 Å². The lowest BCUT2D eigenvalue weighted by molar-refractivity contribution is -0.146. The number of hydrogen-bond acceptors (Lipinski definition) is 4. The summed E-state index contributed by atoms with van der Waals surface area (Å²) in [7, 11) is 0. The van der Waals surface area contributed by atoms with Crippen molar-refractivity contribution in [2.24, 2.45) is 5.73 Å². The van der Waals surface area contributed by atoms with E-state index in [1.807, 2.05) is 5.32 Å². The fraction of sp³-hybridized carbons (Fsp3) is 0.273. The third-order valence-electron chi connectivity index (χ3n) is 2.09. The summed E-state index contributed by atoms with van der Waals surface area (Å²) >= 11 is 2.79. The second-order valence-electron chi connectivity index (χ2n) is 3.47. The molecular weight excluding hydrogens is 326 g/mol. The zero-order chi connectivity index (χ0) is 14.6. The Morgan fingerprint density at radius 1 is 1.42 bits per heavy atom. The van der Waals surface area contributed by atoms with E-state index in [1.54, 1.807) is 6.92 Å². The second kappa shape index (κ2) is 6.58. The molecule has 0 radical (unpaired) electrons. The molecule has 8 heteroatoms. The number of nitrogens with two attached hydrogens (primary N) is 1. The lowest BCUT2D eigenvalue weighted by Gasteiger charge is -2.12. The molecule has 3 N–H and O–H groups in total. The molecular formula is C11H11BrF2N2O3. The molecule has 104 valence electrons. The van der Waals surface area contributed by atoms with Crippen LogP contribution < -0.4 is 11.1 Å². The first-order valence-corrected chi connectivity index (χ1v) is 6.03. The molecule has 1 rings (SSSR count). The molecule has 0 saturated carbocycles. The fourth-order valence-corrected chi connectivity index (χ4v) is 1.48. The minimum atomic E-state index is -1.61. The average Bonchev–Trinajstić information content (AvgIpc) is 2.35. The van der Waals surface area contributed by atoms with E-state index in [0.29, 0.717) is 0 Å². The molecule has 0 aromatic heterocycles. The number of ether oxygens (including phenoxy) is 1. The SMILES string of the molecule is CCOC(=O)C(N)C(=O)Nc1cc(F)c(Br)cc1F. The van der Waals surface area contributed by atoms with Gasteiger partial charge in [0, 0.05) is 6.07 Å². The van der Waals surface area contributed by atoms with Crippen LogP contribution in [0, 0.1) is 11.6 Å². The third kappa shape index (κ3) is 3.97. The van der Waals surface area contributed by atoms with Gasteiger partial charge in [0.05, 0.1) is 16.8 Å². The van der Waals surface area contributed by atoms with Gasteiger partial charge in [-0.2, -0.15) is 0 Å². The molecule has 0 bridgehead atoms. The highest BCUT2D eigenvalue weighted by Gasteiger charge is 2.24. The predicted molar refractivity (Wildman–Crippen MR) is 67.3 cm³/mol. The predicted octanol–water partition coefficient (Wildman–Crippen LogP) is 1.56. The van der Waals surface area contributed by atoms with Gasteiger partial charge < -0.3 is 15.8 Å². The maximum Gasteiger partial charge on any atom is 0.332 e. The third-order valence-corrected chi connectivity index (χ3v) is 2.70. The van der Waals surface area contributed by atoms with E-state index in [0.717, 1.165) is 12.1 Å². The van der Waals surface area contributed by atoms with Crippen molar-refractivity contribution in [1.29, 1.82) is 0 Å². The van der Waals surface area contributed by atoms with Crippen LogP contribution in [0.4, 0.5) is 14.5 Å². The van der Waals surface area contributed by atoms with Gasteiger partial charge in [0.15, 0.2) is 6.04 Å². The van der Waals surface area contributed by atoms with Crippen molar-refractivity contribution in [3.8, 4) is 0 Å². The van der Waals surface area contributed by atoms with Crippen molar-refractivity contribution in [1.82, 2.24) is 0 Å². The molecule has 1 unspecified atom stereocenters. The lowest BCUT2D eigenvalue weighted by Crippen LogP contribution is -2.43. The van der Waals surface area contributed by atoms with E-state index in [9.17, 15) is 18.4 Å². The number of carbonyl (C=O) groups is 2. The van der Waals surface area contributed by atoms with Gasteiger partial charge in [-0.05, 0) is 28.9 Å². The number of halogens is 3. The smallest absolute Gasteiger partial charge is 0.332 e. The quantitative estimate of drug-likeness (QED) is 0.496. The first-order valence-electron chi connectivity index (χ1n) is 5.24. The highest BCUT2D eigenvalue weighted by atomic mass is 79.9. The van der Waals surface area contributed by atoms with Crippen LogP contribution in [0.15, 0.2) is 16.6 Å². The molecule has 1 aromatic carbocycles. The zero-order valence-corrected chi connectivity index (χ0v) is 11.5. The summed E-state index contributed by atoms with van der Waals surface area (Å²) < 4.78 is 31.1. The number of anilines is 1. The Morgan fingerprint density at radius 3 is 2.63 bits per heavy atom. The van der Waals surface area contributed by atoms with E-state index in [-0.39, 0.29) is 11.1 Å². The summed E-state index contributed by atoms with van der Waals surface area (Å²) in [5.74, 6) is -3.56. The number of benzene rings is 1. The Kier molecular flexibility index (Phi) is 5.37. The van der Waals surface area contributed by atoms with Gasteiger partial charge in [-0.25, -0.2) is 13.6 Å². The summed E-state index contributed by atoms with van der Waals surface area (Å²) in [4.78, 5) is 22.7. The summed E-state index contributed by atoms with van der Waals surface area (Å²) in [6.45, 7) is 1.60. The zero-order valence-electron chi connectivity index (χ0n) is 9.88. The van der Waals surface area contributed by atoms with Gasteiger partial charge in [0.1, 0.15) is 11.6 Å². The van der Waals surface area contributed by atoms with Crippen molar-refractivity contribution in [3.05, 3.63) is 28.2 Å². The van der Waals surface area contributed by atoms with Crippen LogP contribution in [0.1, 0.15) is 6.92 Å². The van der Waals surface area contributed by atoms with Crippen LogP contribution in [0.3, 0.4) is 0 Å². The Labute approximate surface area is 116 Å². The summed E-state index contributed by atoms with van der Waals surface area (Å²) in [5, 5.41) is 2.02. The number of hydrogen-bond donors (Lipinski definition) is 2. The van der Waals surface area contributed by atoms with Crippen LogP contribution in [-0.2, 0) is 14.3 Å². The number of amides is 1. The molecule has 1 aromatic rings. The van der Waals surface area contributed by atoms with Crippen LogP contribution >= 0.6 is 15.9 Å². The first kappa shape index (κ1) is 15.5. The Balaban J connectivity index is 2.82. The normalized spacial score (nSPS) is 11.8. The van der Waals surface area contributed by atoms with Gasteiger partial charge in [-0.15, -0.1) is 0 Å². The molecule has 1 atom stereocenters. The van der Waals surface area contributed by atoms with Gasteiger partial charge in [0.25, 0.3) is 5.91 Å². The highest BCUT2D eigenvalue weighted by Crippen LogP contribution is 2.23. The topological polar surface area (TPSA) is 81.4 Å². The van der Waals surface area contributed by atoms with E-state index in [4.69, 9.17) is 5.73 Å². The largest absolute Gasteiger partial charge is 0.464 e. The Hall–Kier alpha value is -1.54. The Bertz CT molecular complexity index is 511. The number of esters is 1. The summed E-state index contributed by atoms with van der Waals surface area (Å²) in [6.07, 6.45) is 0. The maximum atomic E-state index is 13.4. The van der Waals surface area contributed by atoms with Crippen molar-refractivity contribution in [3.63, 3.8) is 0 Å². The Morgan fingerprint density at radius 2 is 2.05 bits per heavy atom. The van der Waals surface area contributed by atoms with Crippen LogP contribution in [0.5, 0.6) is 0 Å². The number of carbonyl (C=O) groups excluding carboxylic acids is 2. The molecule has 0 saturated heterocycles. The highest BCUT2D eigenvalue weighted by molar-refractivity contribution is 9.10. The lowest BCUT2D eigenvalue weighted by atomic mass is 10.2. The van der Waals surface area contributed by atoms with Crippen molar-refractivity contribution >= 4 is 33.5 Å². The van der Waals surface area contributed by atoms with Crippen LogP contribution in [0.2, 0.25) is 0 Å². The van der Waals surface area contributed by atoms with Crippen molar-refractivity contribution in [2.45, 2.75) is 13.0 Å². The fourth-order valence-electron chi connectivity index (χ4n) is 1.17. The molecule has 0 aliphatic heterocycles. The summed E-state index contributed by atoms with van der Waals surface area (Å²) in [5.41, 5.74) is 4.89. The van der Waals surface area contributed by atoms with Crippen molar-refractivity contribution < 1.29 is 23.1 Å². The molecule has 0 heterocycles. The summed E-state index contributed by atoms with van der Waals surface area (Å²) in [6, 6.07) is 0.0156. The first-order chi connectivity index (χ1) is 8.86. The monoisotopic (exact) mass is 336 g/mol. The van der Waals surface area contributed by atoms with Gasteiger partial charge in [-0.3, -0.25) is 4.79 Å². The minimum Gasteiger partial charge on any atom is -0.464 e. The molecule has 5 nitrogen and oxygen atoms in total. The molecule has 1 amide bonds. The minimum absolute atomic E-state index is 0.0566. The van der Waals surface area contributed by atoms with Gasteiger partial charge >= 0.3 is 5.97 Å². The standard InChI is InChI=1S/C11H11BrF2N2O3/c1-2-19-11(18)9(15)10(17)16-8-4-6(13)5(12)3-7(8)14/h3-4,9H,2,15H2,1H3,(H,16,17). The number of rotatable bonds is 4.